The molecule has 0 unspecified atom stereocenters. The van der Waals surface area contributed by atoms with Gasteiger partial charge in [-0.05, 0) is 30.2 Å². The summed E-state index contributed by atoms with van der Waals surface area (Å²) < 4.78 is 2.06. The maximum absolute atomic E-state index is 11.2. The van der Waals surface area contributed by atoms with Crippen LogP contribution in [0.15, 0.2) is 48.5 Å². The molecule has 3 aromatic rings. The molecule has 0 aliphatic heterocycles. The van der Waals surface area contributed by atoms with Gasteiger partial charge in [-0.3, -0.25) is 4.79 Å². The van der Waals surface area contributed by atoms with Crippen LogP contribution in [0.25, 0.3) is 10.9 Å². The van der Waals surface area contributed by atoms with Crippen molar-refractivity contribution < 1.29 is 15.0 Å². The second kappa shape index (κ2) is 5.56. The lowest BCUT2D eigenvalue weighted by molar-refractivity contribution is -0.136. The number of benzene rings is 2. The number of hydrogen-bond acceptors (Lipinski definition) is 2. The second-order valence-corrected chi connectivity index (χ2v) is 5.38. The van der Waals surface area contributed by atoms with Gasteiger partial charge in [-0.25, -0.2) is 0 Å². The Labute approximate surface area is 128 Å². The van der Waals surface area contributed by atoms with Crippen molar-refractivity contribution in [2.45, 2.75) is 19.9 Å². The number of nitrogens with zero attached hydrogens (tertiary/aromatic N) is 1. The fraction of sp³-hybridized carbons (Fsp3) is 0.167. The molecule has 0 spiro atoms. The van der Waals surface area contributed by atoms with Crippen LogP contribution in [-0.2, 0) is 17.8 Å². The first-order valence-corrected chi connectivity index (χ1v) is 7.13. The first kappa shape index (κ1) is 14.2. The number of carboxylic acid groups (broad SMARTS) is 1. The van der Waals surface area contributed by atoms with Crippen LogP contribution in [0, 0.1) is 6.92 Å². The van der Waals surface area contributed by atoms with Gasteiger partial charge in [0.05, 0.1) is 11.9 Å². The maximum atomic E-state index is 11.2. The number of fused-ring (bicyclic) bond motifs is 1. The summed E-state index contributed by atoms with van der Waals surface area (Å²) in [7, 11) is 0. The minimum absolute atomic E-state index is 0.0955. The van der Waals surface area contributed by atoms with Gasteiger partial charge in [0, 0.05) is 17.6 Å². The summed E-state index contributed by atoms with van der Waals surface area (Å²) in [6.07, 6.45) is -0.0955. The van der Waals surface area contributed by atoms with Crippen molar-refractivity contribution in [3.8, 4) is 5.75 Å². The molecule has 0 fully saturated rings. The van der Waals surface area contributed by atoms with Crippen molar-refractivity contribution in [2.24, 2.45) is 0 Å². The van der Waals surface area contributed by atoms with Crippen LogP contribution in [0.1, 0.15) is 16.8 Å². The van der Waals surface area contributed by atoms with Gasteiger partial charge in [-0.2, -0.15) is 0 Å². The molecule has 4 heteroatoms. The molecule has 0 saturated heterocycles. The molecule has 1 heterocycles. The lowest BCUT2D eigenvalue weighted by atomic mass is 10.1. The Balaban J connectivity index is 2.20. The average molecular weight is 295 g/mol. The zero-order valence-corrected chi connectivity index (χ0v) is 12.3. The molecule has 4 nitrogen and oxygen atoms in total. The van der Waals surface area contributed by atoms with Gasteiger partial charge in [0.1, 0.15) is 5.75 Å². The van der Waals surface area contributed by atoms with E-state index in [1.54, 1.807) is 12.1 Å². The third-order valence-corrected chi connectivity index (χ3v) is 3.97. The molecule has 0 saturated carbocycles. The molecule has 0 amide bonds. The van der Waals surface area contributed by atoms with Gasteiger partial charge in [-0.1, -0.05) is 36.4 Å². The molecule has 1 aromatic heterocycles. The second-order valence-electron chi connectivity index (χ2n) is 5.38. The van der Waals surface area contributed by atoms with Crippen molar-refractivity contribution in [3.05, 3.63) is 65.4 Å². The van der Waals surface area contributed by atoms with E-state index in [9.17, 15) is 9.90 Å². The monoisotopic (exact) mass is 295 g/mol. The number of carboxylic acids is 1. The molecule has 2 aromatic carbocycles. The Bertz CT molecular complexity index is 834. The van der Waals surface area contributed by atoms with Gasteiger partial charge in [0.15, 0.2) is 0 Å². The minimum atomic E-state index is -0.898. The molecule has 0 radical (unpaired) electrons. The van der Waals surface area contributed by atoms with Crippen molar-refractivity contribution >= 4 is 16.9 Å². The molecule has 0 bridgehead atoms. The van der Waals surface area contributed by atoms with Gasteiger partial charge < -0.3 is 14.8 Å². The Morgan fingerprint density at radius 2 is 1.82 bits per heavy atom. The van der Waals surface area contributed by atoms with Crippen LogP contribution in [-0.4, -0.2) is 20.7 Å². The zero-order chi connectivity index (χ0) is 15.7. The highest BCUT2D eigenvalue weighted by Gasteiger charge is 2.18. The first-order valence-electron chi connectivity index (χ1n) is 7.13. The van der Waals surface area contributed by atoms with E-state index in [2.05, 4.69) is 4.57 Å². The van der Waals surface area contributed by atoms with Crippen molar-refractivity contribution in [1.82, 2.24) is 4.57 Å². The first-order chi connectivity index (χ1) is 10.6. The fourth-order valence-electron chi connectivity index (χ4n) is 2.92. The number of phenolic OH excluding ortho intramolecular Hbond substituents is 1. The van der Waals surface area contributed by atoms with Crippen molar-refractivity contribution in [2.75, 3.05) is 0 Å². The predicted molar refractivity (Wildman–Crippen MR) is 85.2 cm³/mol. The Kier molecular flexibility index (Phi) is 3.59. The molecule has 112 valence electrons. The summed E-state index contributed by atoms with van der Waals surface area (Å²) in [5, 5.41) is 19.9. The van der Waals surface area contributed by atoms with Gasteiger partial charge >= 0.3 is 5.97 Å². The minimum Gasteiger partial charge on any atom is -0.507 e. The normalized spacial score (nSPS) is 11.0. The Hall–Kier alpha value is -2.75. The van der Waals surface area contributed by atoms with E-state index in [0.717, 1.165) is 16.8 Å². The van der Waals surface area contributed by atoms with Crippen LogP contribution >= 0.6 is 0 Å². The Morgan fingerprint density at radius 1 is 1.09 bits per heavy atom. The van der Waals surface area contributed by atoms with Gasteiger partial charge in [0.2, 0.25) is 0 Å². The van der Waals surface area contributed by atoms with E-state index in [1.165, 1.54) is 0 Å². The van der Waals surface area contributed by atoms with Crippen LogP contribution in [0.4, 0.5) is 0 Å². The van der Waals surface area contributed by atoms with Crippen molar-refractivity contribution in [3.63, 3.8) is 0 Å². The average Bonchev–Trinajstić information content (AvgIpc) is 2.75. The number of aromatic nitrogens is 1. The number of rotatable bonds is 4. The maximum Gasteiger partial charge on any atom is 0.307 e. The zero-order valence-electron chi connectivity index (χ0n) is 12.3. The number of phenols is 1. The third-order valence-electron chi connectivity index (χ3n) is 3.97. The number of carbonyl (C=O) groups is 1. The van der Waals surface area contributed by atoms with Crippen LogP contribution in [0.3, 0.4) is 0 Å². The molecule has 3 rings (SSSR count). The predicted octanol–water partition coefficient (Wildman–Crippen LogP) is 3.33. The van der Waals surface area contributed by atoms with E-state index in [0.29, 0.717) is 17.5 Å². The van der Waals surface area contributed by atoms with E-state index >= 15 is 0 Å². The van der Waals surface area contributed by atoms with E-state index in [-0.39, 0.29) is 12.2 Å². The largest absolute Gasteiger partial charge is 0.507 e. The molecule has 0 aliphatic rings. The van der Waals surface area contributed by atoms with E-state index in [4.69, 9.17) is 5.11 Å². The van der Waals surface area contributed by atoms with E-state index < -0.39 is 5.97 Å². The number of aliphatic carboxylic acids is 1. The molecule has 0 atom stereocenters. The molecule has 2 N–H and O–H groups in total. The fourth-order valence-corrected chi connectivity index (χ4v) is 2.92. The quantitative estimate of drug-likeness (QED) is 0.776. The van der Waals surface area contributed by atoms with Crippen LogP contribution in [0.2, 0.25) is 0 Å². The smallest absolute Gasteiger partial charge is 0.307 e. The van der Waals surface area contributed by atoms with Crippen LogP contribution in [0.5, 0.6) is 5.75 Å². The number of aromatic hydroxyl groups is 1. The summed E-state index contributed by atoms with van der Waals surface area (Å²) in [6.45, 7) is 2.55. The molecular weight excluding hydrogens is 278 g/mol. The van der Waals surface area contributed by atoms with Crippen molar-refractivity contribution in [1.29, 1.82) is 0 Å². The van der Waals surface area contributed by atoms with Crippen LogP contribution < -0.4 is 0 Å². The lowest BCUT2D eigenvalue weighted by Crippen LogP contribution is -2.05. The summed E-state index contributed by atoms with van der Waals surface area (Å²) in [5.74, 6) is -0.770. The summed E-state index contributed by atoms with van der Waals surface area (Å²) in [6, 6.07) is 15.3. The summed E-state index contributed by atoms with van der Waals surface area (Å²) in [5.41, 5.74) is 3.55. The third kappa shape index (κ3) is 2.44. The van der Waals surface area contributed by atoms with Gasteiger partial charge in [0.25, 0.3) is 0 Å². The molecule has 22 heavy (non-hydrogen) atoms. The number of hydrogen-bond donors (Lipinski definition) is 2. The topological polar surface area (TPSA) is 62.5 Å². The summed E-state index contributed by atoms with van der Waals surface area (Å²) >= 11 is 0. The highest BCUT2D eigenvalue weighted by Crippen LogP contribution is 2.33. The molecular formula is C18H17NO3. The standard InChI is InChI=1S/C18H17NO3/c1-12-14(10-17(21)22)18-15(8-5-9-16(18)20)19(12)11-13-6-3-2-4-7-13/h2-9,20H,10-11H2,1H3,(H,21,22). The SMILES string of the molecule is Cc1c(CC(=O)O)c2c(O)cccc2n1Cc1ccccc1. The molecule has 0 aliphatic carbocycles. The highest BCUT2D eigenvalue weighted by atomic mass is 16.4. The van der Waals surface area contributed by atoms with E-state index in [1.807, 2.05) is 43.3 Å². The lowest BCUT2D eigenvalue weighted by Gasteiger charge is -2.09. The Morgan fingerprint density at radius 3 is 2.50 bits per heavy atom. The highest BCUT2D eigenvalue weighted by molar-refractivity contribution is 5.93. The van der Waals surface area contributed by atoms with Gasteiger partial charge in [-0.15, -0.1) is 0 Å². The summed E-state index contributed by atoms with van der Waals surface area (Å²) in [4.78, 5) is 11.2.